The molecule has 0 N–H and O–H groups in total. The molecule has 0 aliphatic rings. The summed E-state index contributed by atoms with van der Waals surface area (Å²) in [7, 11) is 0. The van der Waals surface area contributed by atoms with Crippen molar-refractivity contribution in [3.8, 4) is 17.0 Å². The zero-order valence-corrected chi connectivity index (χ0v) is 20.0. The lowest BCUT2D eigenvalue weighted by atomic mass is 10.1. The smallest absolute Gasteiger partial charge is 0.276 e. The fraction of sp³-hybridized carbons (Fsp3) is 0.259. The fourth-order valence-electron chi connectivity index (χ4n) is 4.01. The number of hydrogen-bond donors (Lipinski definition) is 0. The normalized spacial score (nSPS) is 11.3. The van der Waals surface area contributed by atoms with Gasteiger partial charge in [-0.1, -0.05) is 48.4 Å². The van der Waals surface area contributed by atoms with Gasteiger partial charge in [-0.25, -0.2) is 9.20 Å². The van der Waals surface area contributed by atoms with Gasteiger partial charge in [0.05, 0.1) is 31.6 Å². The summed E-state index contributed by atoms with van der Waals surface area (Å²) in [6, 6.07) is 17.9. The van der Waals surface area contributed by atoms with Crippen molar-refractivity contribution in [3.05, 3.63) is 100 Å². The predicted molar refractivity (Wildman–Crippen MR) is 135 cm³/mol. The molecule has 5 rings (SSSR count). The molecule has 0 saturated carbocycles. The van der Waals surface area contributed by atoms with E-state index < -0.39 is 0 Å². The van der Waals surface area contributed by atoms with Crippen molar-refractivity contribution in [1.29, 1.82) is 0 Å². The van der Waals surface area contributed by atoms with Gasteiger partial charge in [-0.15, -0.1) is 5.10 Å². The molecule has 0 unspecified atom stereocenters. The van der Waals surface area contributed by atoms with E-state index in [1.165, 1.54) is 5.56 Å². The predicted octanol–water partition coefficient (Wildman–Crippen LogP) is 4.34. The van der Waals surface area contributed by atoms with Crippen molar-refractivity contribution >= 4 is 5.52 Å². The molecule has 3 aromatic heterocycles. The highest BCUT2D eigenvalue weighted by Gasteiger charge is 2.11. The minimum Gasteiger partial charge on any atom is -0.494 e. The number of ether oxygens (including phenoxy) is 1. The number of fused-ring (bicyclic) bond motifs is 1. The summed E-state index contributed by atoms with van der Waals surface area (Å²) in [5.41, 5.74) is 5.15. The van der Waals surface area contributed by atoms with E-state index in [0.29, 0.717) is 25.2 Å². The lowest BCUT2D eigenvalue weighted by Gasteiger charge is -2.05. The molecule has 0 aliphatic carbocycles. The van der Waals surface area contributed by atoms with Gasteiger partial charge in [0.2, 0.25) is 0 Å². The number of unbranched alkanes of at least 4 members (excludes halogenated alkanes) is 1. The number of hydrogen-bond acceptors (Lipinski definition) is 5. The summed E-state index contributed by atoms with van der Waals surface area (Å²) in [4.78, 5) is 13.1. The summed E-state index contributed by atoms with van der Waals surface area (Å²) < 4.78 is 10.8. The Morgan fingerprint density at radius 1 is 1.00 bits per heavy atom. The quantitative estimate of drug-likeness (QED) is 0.301. The largest absolute Gasteiger partial charge is 0.494 e. The molecular formula is C27H28N6O2. The highest BCUT2D eigenvalue weighted by molar-refractivity contribution is 5.66. The molecule has 3 heterocycles. The van der Waals surface area contributed by atoms with Crippen molar-refractivity contribution < 1.29 is 4.74 Å². The lowest BCUT2D eigenvalue weighted by molar-refractivity contribution is 0.309. The molecule has 0 bridgehead atoms. The van der Waals surface area contributed by atoms with Gasteiger partial charge in [0.15, 0.2) is 0 Å². The van der Waals surface area contributed by atoms with Crippen molar-refractivity contribution in [2.45, 2.75) is 39.8 Å². The number of nitrogens with zero attached hydrogens (tertiary/aromatic N) is 6. The number of benzene rings is 2. The molecule has 8 nitrogen and oxygen atoms in total. The van der Waals surface area contributed by atoms with Crippen molar-refractivity contribution in [2.24, 2.45) is 0 Å². The highest BCUT2D eigenvalue weighted by atomic mass is 16.5. The molecule has 0 amide bonds. The second kappa shape index (κ2) is 9.97. The van der Waals surface area contributed by atoms with E-state index in [1.54, 1.807) is 26.2 Å². The molecule has 0 spiro atoms. The molecule has 0 fully saturated rings. The summed E-state index contributed by atoms with van der Waals surface area (Å²) in [6.45, 7) is 5.90. The standard InChI is InChI=1S/C27H28N6O2/c1-3-4-14-35-24-10-8-22(9-11-24)25-16-26-27(34)31(12-13-33(26)29-25)18-23-19-32(30-28-23)17-21-7-5-6-20(2)15-21/h5-13,15-16,19H,3-4,14,17-18H2,1-2H3. The van der Waals surface area contributed by atoms with E-state index in [2.05, 4.69) is 47.5 Å². The molecule has 0 atom stereocenters. The number of aryl methyl sites for hydroxylation is 1. The first-order valence-corrected chi connectivity index (χ1v) is 11.9. The van der Waals surface area contributed by atoms with Gasteiger partial charge in [-0.2, -0.15) is 5.10 Å². The minimum absolute atomic E-state index is 0.126. The first kappa shape index (κ1) is 22.6. The molecule has 0 radical (unpaired) electrons. The van der Waals surface area contributed by atoms with E-state index in [4.69, 9.17) is 4.74 Å². The van der Waals surface area contributed by atoms with Gasteiger partial charge in [-0.3, -0.25) is 4.79 Å². The topological polar surface area (TPSA) is 79.2 Å². The van der Waals surface area contributed by atoms with Crippen LogP contribution in [0.25, 0.3) is 16.8 Å². The third kappa shape index (κ3) is 5.16. The SMILES string of the molecule is CCCCOc1ccc(-c2cc3c(=O)n(Cc4cn(Cc5cccc(C)c5)nn4)ccn3n2)cc1. The Morgan fingerprint density at radius 2 is 1.86 bits per heavy atom. The summed E-state index contributed by atoms with van der Waals surface area (Å²) in [5.74, 6) is 0.837. The summed E-state index contributed by atoms with van der Waals surface area (Å²) >= 11 is 0. The molecule has 0 aliphatic heterocycles. The van der Waals surface area contributed by atoms with Crippen LogP contribution in [0.4, 0.5) is 0 Å². The monoisotopic (exact) mass is 468 g/mol. The van der Waals surface area contributed by atoms with E-state index >= 15 is 0 Å². The second-order valence-electron chi connectivity index (χ2n) is 8.71. The van der Waals surface area contributed by atoms with E-state index in [1.807, 2.05) is 42.6 Å². The summed E-state index contributed by atoms with van der Waals surface area (Å²) in [5, 5.41) is 13.1. The molecular weight excluding hydrogens is 440 g/mol. The van der Waals surface area contributed by atoms with Crippen LogP contribution < -0.4 is 10.3 Å². The van der Waals surface area contributed by atoms with Crippen molar-refractivity contribution in [2.75, 3.05) is 6.61 Å². The minimum atomic E-state index is -0.126. The third-order valence-electron chi connectivity index (χ3n) is 5.87. The zero-order chi connectivity index (χ0) is 24.2. The number of aromatic nitrogens is 6. The maximum absolute atomic E-state index is 13.1. The Bertz CT molecular complexity index is 1500. The van der Waals surface area contributed by atoms with Crippen LogP contribution in [0.5, 0.6) is 5.75 Å². The Hall–Kier alpha value is -4.20. The highest BCUT2D eigenvalue weighted by Crippen LogP contribution is 2.22. The fourth-order valence-corrected chi connectivity index (χ4v) is 4.01. The maximum Gasteiger partial charge on any atom is 0.276 e. The van der Waals surface area contributed by atoms with E-state index in [0.717, 1.165) is 41.1 Å². The molecule has 8 heteroatoms. The van der Waals surface area contributed by atoms with Gasteiger partial charge in [0.25, 0.3) is 5.56 Å². The lowest BCUT2D eigenvalue weighted by Crippen LogP contribution is -2.21. The van der Waals surface area contributed by atoms with E-state index in [9.17, 15) is 4.79 Å². The van der Waals surface area contributed by atoms with Crippen LogP contribution >= 0.6 is 0 Å². The van der Waals surface area contributed by atoms with Gasteiger partial charge in [0, 0.05) is 18.0 Å². The van der Waals surface area contributed by atoms with Gasteiger partial charge in [0.1, 0.15) is 17.0 Å². The van der Waals surface area contributed by atoms with Gasteiger partial charge in [-0.05, 0) is 49.2 Å². The molecule has 178 valence electrons. The second-order valence-corrected chi connectivity index (χ2v) is 8.71. The average molecular weight is 469 g/mol. The van der Waals surface area contributed by atoms with Crippen LogP contribution in [0.15, 0.2) is 78.0 Å². The van der Waals surface area contributed by atoms with Crippen LogP contribution in [0.1, 0.15) is 36.6 Å². The zero-order valence-electron chi connectivity index (χ0n) is 20.0. The molecule has 5 aromatic rings. The van der Waals surface area contributed by atoms with Crippen LogP contribution in [0, 0.1) is 6.92 Å². The average Bonchev–Trinajstić information content (AvgIpc) is 3.49. The Balaban J connectivity index is 1.32. The van der Waals surface area contributed by atoms with Crippen molar-refractivity contribution in [3.63, 3.8) is 0 Å². The first-order chi connectivity index (χ1) is 17.1. The molecule has 0 saturated heterocycles. The van der Waals surface area contributed by atoms with Crippen LogP contribution in [-0.2, 0) is 13.1 Å². The van der Waals surface area contributed by atoms with Crippen LogP contribution in [0.3, 0.4) is 0 Å². The first-order valence-electron chi connectivity index (χ1n) is 11.9. The summed E-state index contributed by atoms with van der Waals surface area (Å²) in [6.07, 6.45) is 7.53. The maximum atomic E-state index is 13.1. The third-order valence-corrected chi connectivity index (χ3v) is 5.87. The molecule has 2 aromatic carbocycles. The van der Waals surface area contributed by atoms with Crippen LogP contribution in [-0.4, -0.2) is 35.8 Å². The number of rotatable bonds is 9. The van der Waals surface area contributed by atoms with Gasteiger partial charge >= 0.3 is 0 Å². The Labute approximate surface area is 203 Å². The van der Waals surface area contributed by atoms with Crippen LogP contribution in [0.2, 0.25) is 0 Å². The molecule has 35 heavy (non-hydrogen) atoms. The Morgan fingerprint density at radius 3 is 2.66 bits per heavy atom. The van der Waals surface area contributed by atoms with Gasteiger partial charge < -0.3 is 9.30 Å². The van der Waals surface area contributed by atoms with Crippen molar-refractivity contribution in [1.82, 2.24) is 29.2 Å². The Kier molecular flexibility index (Phi) is 6.43. The van der Waals surface area contributed by atoms with E-state index in [-0.39, 0.29) is 5.56 Å².